The number of benzene rings is 1. The van der Waals surface area contributed by atoms with E-state index in [2.05, 4.69) is 4.98 Å². The lowest BCUT2D eigenvalue weighted by Crippen LogP contribution is -2.22. The maximum Gasteiger partial charge on any atom is 0.120 e. The standard InChI is InChI=1S/C16H22N2O/c1-10-8-13(11(2)17)14-9-12(19-16(3,4)5)6-7-15(14)18-10/h6-9,11H,17H2,1-5H3. The van der Waals surface area contributed by atoms with E-state index in [1.54, 1.807) is 0 Å². The summed E-state index contributed by atoms with van der Waals surface area (Å²) in [6.07, 6.45) is 0. The minimum Gasteiger partial charge on any atom is -0.488 e. The van der Waals surface area contributed by atoms with Crippen molar-refractivity contribution in [1.29, 1.82) is 0 Å². The molecule has 0 amide bonds. The number of rotatable bonds is 2. The third kappa shape index (κ3) is 3.24. The number of hydrogen-bond donors (Lipinski definition) is 1. The molecule has 2 aromatic rings. The van der Waals surface area contributed by atoms with Crippen LogP contribution >= 0.6 is 0 Å². The second kappa shape index (κ2) is 4.82. The predicted molar refractivity (Wildman–Crippen MR) is 79.5 cm³/mol. The first-order valence-electron chi connectivity index (χ1n) is 6.62. The Kier molecular flexibility index (Phi) is 3.50. The van der Waals surface area contributed by atoms with Crippen LogP contribution in [0.25, 0.3) is 10.9 Å². The van der Waals surface area contributed by atoms with E-state index in [1.165, 1.54) is 0 Å². The molecule has 1 atom stereocenters. The van der Waals surface area contributed by atoms with Crippen molar-refractivity contribution < 1.29 is 4.74 Å². The summed E-state index contributed by atoms with van der Waals surface area (Å²) >= 11 is 0. The summed E-state index contributed by atoms with van der Waals surface area (Å²) < 4.78 is 5.91. The normalized spacial score (nSPS) is 13.6. The van der Waals surface area contributed by atoms with E-state index in [1.807, 2.05) is 58.9 Å². The Labute approximate surface area is 114 Å². The van der Waals surface area contributed by atoms with Crippen LogP contribution in [-0.4, -0.2) is 10.6 Å². The molecule has 1 unspecified atom stereocenters. The summed E-state index contributed by atoms with van der Waals surface area (Å²) in [5, 5.41) is 1.07. The van der Waals surface area contributed by atoms with Gasteiger partial charge in [0.05, 0.1) is 5.52 Å². The molecule has 0 saturated heterocycles. The molecule has 3 nitrogen and oxygen atoms in total. The Morgan fingerprint density at radius 1 is 1.21 bits per heavy atom. The summed E-state index contributed by atoms with van der Waals surface area (Å²) in [7, 11) is 0. The first kappa shape index (κ1) is 13.8. The fraction of sp³-hybridized carbons (Fsp3) is 0.438. The maximum absolute atomic E-state index is 6.06. The van der Waals surface area contributed by atoms with Crippen LogP contribution in [0.1, 0.15) is 45.0 Å². The van der Waals surface area contributed by atoms with Crippen LogP contribution in [0, 0.1) is 6.92 Å². The number of fused-ring (bicyclic) bond motifs is 1. The van der Waals surface area contributed by atoms with Gasteiger partial charge >= 0.3 is 0 Å². The van der Waals surface area contributed by atoms with Crippen molar-refractivity contribution in [2.45, 2.75) is 46.3 Å². The molecule has 0 saturated carbocycles. The van der Waals surface area contributed by atoms with E-state index in [0.717, 1.165) is 27.9 Å². The number of nitrogens with zero attached hydrogens (tertiary/aromatic N) is 1. The van der Waals surface area contributed by atoms with Crippen LogP contribution in [0.4, 0.5) is 0 Å². The fourth-order valence-electron chi connectivity index (χ4n) is 2.16. The van der Waals surface area contributed by atoms with Gasteiger partial charge in [-0.15, -0.1) is 0 Å². The molecule has 1 aromatic heterocycles. The average Bonchev–Trinajstić information content (AvgIpc) is 2.26. The van der Waals surface area contributed by atoms with E-state index >= 15 is 0 Å². The second-order valence-corrected chi connectivity index (χ2v) is 6.03. The van der Waals surface area contributed by atoms with Gasteiger partial charge in [-0.3, -0.25) is 4.98 Å². The van der Waals surface area contributed by atoms with Gasteiger partial charge in [-0.05, 0) is 64.4 Å². The molecule has 0 bridgehead atoms. The van der Waals surface area contributed by atoms with Crippen LogP contribution < -0.4 is 10.5 Å². The third-order valence-corrected chi connectivity index (χ3v) is 2.85. The van der Waals surface area contributed by atoms with E-state index in [0.29, 0.717) is 0 Å². The molecule has 0 fully saturated rings. The third-order valence-electron chi connectivity index (χ3n) is 2.85. The Balaban J connectivity index is 2.57. The molecular formula is C16H22N2O. The monoisotopic (exact) mass is 258 g/mol. The van der Waals surface area contributed by atoms with Crippen LogP contribution in [0.15, 0.2) is 24.3 Å². The molecule has 0 radical (unpaired) electrons. The number of aryl methyl sites for hydroxylation is 1. The topological polar surface area (TPSA) is 48.1 Å². The summed E-state index contributed by atoms with van der Waals surface area (Å²) in [6, 6.07) is 8.02. The SMILES string of the molecule is Cc1cc(C(C)N)c2cc(OC(C)(C)C)ccc2n1. The lowest BCUT2D eigenvalue weighted by molar-refractivity contribution is 0.131. The molecule has 0 spiro atoms. The Hall–Kier alpha value is -1.61. The first-order valence-corrected chi connectivity index (χ1v) is 6.62. The van der Waals surface area contributed by atoms with Crippen LogP contribution in [-0.2, 0) is 0 Å². The Morgan fingerprint density at radius 3 is 2.47 bits per heavy atom. The van der Waals surface area contributed by atoms with Crippen molar-refractivity contribution in [2.75, 3.05) is 0 Å². The molecule has 0 aliphatic rings. The van der Waals surface area contributed by atoms with E-state index < -0.39 is 0 Å². The van der Waals surface area contributed by atoms with Crippen molar-refractivity contribution in [3.63, 3.8) is 0 Å². The average molecular weight is 258 g/mol. The molecule has 102 valence electrons. The number of aromatic nitrogens is 1. The smallest absolute Gasteiger partial charge is 0.120 e. The van der Waals surface area contributed by atoms with Gasteiger partial charge in [-0.25, -0.2) is 0 Å². The number of hydrogen-bond acceptors (Lipinski definition) is 3. The van der Waals surface area contributed by atoms with E-state index in [-0.39, 0.29) is 11.6 Å². The van der Waals surface area contributed by atoms with Crippen molar-refractivity contribution in [2.24, 2.45) is 5.73 Å². The van der Waals surface area contributed by atoms with Gasteiger partial charge in [0.25, 0.3) is 0 Å². The molecule has 2 N–H and O–H groups in total. The lowest BCUT2D eigenvalue weighted by Gasteiger charge is -2.22. The van der Waals surface area contributed by atoms with E-state index in [4.69, 9.17) is 10.5 Å². The van der Waals surface area contributed by atoms with Gasteiger partial charge in [0.2, 0.25) is 0 Å². The Bertz CT molecular complexity index is 597. The zero-order chi connectivity index (χ0) is 14.2. The van der Waals surface area contributed by atoms with Crippen molar-refractivity contribution in [3.05, 3.63) is 35.5 Å². The molecule has 1 heterocycles. The molecule has 1 aromatic carbocycles. The van der Waals surface area contributed by atoms with Crippen LogP contribution in [0.2, 0.25) is 0 Å². The molecule has 0 aliphatic carbocycles. The van der Waals surface area contributed by atoms with Gasteiger partial charge in [-0.2, -0.15) is 0 Å². The van der Waals surface area contributed by atoms with Gasteiger partial charge in [0, 0.05) is 17.1 Å². The zero-order valence-electron chi connectivity index (χ0n) is 12.3. The zero-order valence-corrected chi connectivity index (χ0v) is 12.3. The second-order valence-electron chi connectivity index (χ2n) is 6.03. The first-order chi connectivity index (χ1) is 8.76. The van der Waals surface area contributed by atoms with Crippen molar-refractivity contribution >= 4 is 10.9 Å². The van der Waals surface area contributed by atoms with Gasteiger partial charge in [-0.1, -0.05) is 0 Å². The van der Waals surface area contributed by atoms with Crippen molar-refractivity contribution in [1.82, 2.24) is 4.98 Å². The molecule has 2 rings (SSSR count). The number of pyridine rings is 1. The van der Waals surface area contributed by atoms with Crippen LogP contribution in [0.5, 0.6) is 5.75 Å². The molecular weight excluding hydrogens is 236 g/mol. The predicted octanol–water partition coefficient (Wildman–Crippen LogP) is 3.74. The number of ether oxygens (including phenoxy) is 1. The highest BCUT2D eigenvalue weighted by Crippen LogP contribution is 2.28. The quantitative estimate of drug-likeness (QED) is 0.892. The van der Waals surface area contributed by atoms with E-state index in [9.17, 15) is 0 Å². The van der Waals surface area contributed by atoms with Gasteiger partial charge in [0.15, 0.2) is 0 Å². The highest BCUT2D eigenvalue weighted by atomic mass is 16.5. The molecule has 0 aliphatic heterocycles. The summed E-state index contributed by atoms with van der Waals surface area (Å²) in [6.45, 7) is 10.1. The Morgan fingerprint density at radius 2 is 1.89 bits per heavy atom. The minimum absolute atomic E-state index is 0.0194. The highest BCUT2D eigenvalue weighted by Gasteiger charge is 2.14. The molecule has 19 heavy (non-hydrogen) atoms. The largest absolute Gasteiger partial charge is 0.488 e. The minimum atomic E-state index is -0.208. The van der Waals surface area contributed by atoms with Gasteiger partial charge < -0.3 is 10.5 Å². The number of nitrogens with two attached hydrogens (primary N) is 1. The fourth-order valence-corrected chi connectivity index (χ4v) is 2.16. The lowest BCUT2D eigenvalue weighted by atomic mass is 10.0. The summed E-state index contributed by atoms with van der Waals surface area (Å²) in [5.41, 5.74) is 8.92. The van der Waals surface area contributed by atoms with Crippen molar-refractivity contribution in [3.8, 4) is 5.75 Å². The van der Waals surface area contributed by atoms with Crippen LogP contribution in [0.3, 0.4) is 0 Å². The maximum atomic E-state index is 6.06. The summed E-state index contributed by atoms with van der Waals surface area (Å²) in [5.74, 6) is 0.854. The summed E-state index contributed by atoms with van der Waals surface area (Å²) in [4.78, 5) is 4.55. The molecule has 3 heteroatoms. The highest BCUT2D eigenvalue weighted by molar-refractivity contribution is 5.84. The van der Waals surface area contributed by atoms with Gasteiger partial charge in [0.1, 0.15) is 11.4 Å².